The van der Waals surface area contributed by atoms with Crippen molar-refractivity contribution in [2.24, 2.45) is 0 Å². The van der Waals surface area contributed by atoms with Crippen LogP contribution < -0.4 is 5.32 Å². The molecule has 3 unspecified atom stereocenters. The first kappa shape index (κ1) is 63.8. The Balaban J connectivity index is 4.62. The van der Waals surface area contributed by atoms with Gasteiger partial charge in [-0.3, -0.25) is 9.59 Å². The van der Waals surface area contributed by atoms with E-state index in [4.69, 9.17) is 4.74 Å². The third kappa shape index (κ3) is 48.3. The molecule has 0 fully saturated rings. The van der Waals surface area contributed by atoms with E-state index in [2.05, 4.69) is 68.6 Å². The molecule has 386 valence electrons. The van der Waals surface area contributed by atoms with E-state index in [9.17, 15) is 19.8 Å². The van der Waals surface area contributed by atoms with Crippen molar-refractivity contribution in [3.63, 3.8) is 0 Å². The first-order valence-electron chi connectivity index (χ1n) is 28.9. The summed E-state index contributed by atoms with van der Waals surface area (Å²) >= 11 is 0. The van der Waals surface area contributed by atoms with Gasteiger partial charge >= 0.3 is 5.97 Å². The van der Waals surface area contributed by atoms with Crippen LogP contribution >= 0.6 is 0 Å². The lowest BCUT2D eigenvalue weighted by Gasteiger charge is -2.24. The molecule has 0 saturated heterocycles. The van der Waals surface area contributed by atoms with E-state index in [-0.39, 0.29) is 24.9 Å². The second-order valence-corrected chi connectivity index (χ2v) is 19.7. The van der Waals surface area contributed by atoms with Gasteiger partial charge in [-0.15, -0.1) is 0 Å². The number of allylic oxidation sites excluding steroid dienone is 7. The summed E-state index contributed by atoms with van der Waals surface area (Å²) < 4.78 is 5.90. The molecular weight excluding hydrogens is 815 g/mol. The minimum atomic E-state index is -0.810. The van der Waals surface area contributed by atoms with Crippen LogP contribution in [-0.2, 0) is 14.3 Å². The van der Waals surface area contributed by atoms with Gasteiger partial charge in [-0.2, -0.15) is 0 Å². The van der Waals surface area contributed by atoms with Crippen LogP contribution in [0.1, 0.15) is 297 Å². The van der Waals surface area contributed by atoms with Gasteiger partial charge in [0.15, 0.2) is 0 Å². The number of unbranched alkanes of at least 4 members (excludes halogenated alkanes) is 33. The largest absolute Gasteiger partial charge is 0.461 e. The average Bonchev–Trinajstić information content (AvgIpc) is 3.31. The fourth-order valence-corrected chi connectivity index (χ4v) is 8.77. The number of hydrogen-bond acceptors (Lipinski definition) is 5. The van der Waals surface area contributed by atoms with Crippen molar-refractivity contribution in [1.82, 2.24) is 5.32 Å². The van der Waals surface area contributed by atoms with Crippen molar-refractivity contribution in [1.29, 1.82) is 0 Å². The molecule has 0 radical (unpaired) electrons. The van der Waals surface area contributed by atoms with Crippen LogP contribution in [0.5, 0.6) is 0 Å². The van der Waals surface area contributed by atoms with Crippen LogP contribution in [0.3, 0.4) is 0 Å². The smallest absolute Gasteiger partial charge is 0.306 e. The molecular formula is C60H111NO5. The van der Waals surface area contributed by atoms with Crippen LogP contribution in [0.25, 0.3) is 0 Å². The molecule has 0 aliphatic carbocycles. The van der Waals surface area contributed by atoms with E-state index in [1.165, 1.54) is 193 Å². The monoisotopic (exact) mass is 926 g/mol. The Morgan fingerprint density at radius 1 is 0.455 bits per heavy atom. The molecule has 3 N–H and O–H groups in total. The van der Waals surface area contributed by atoms with Crippen LogP contribution in [0.2, 0.25) is 0 Å². The Kier molecular flexibility index (Phi) is 52.0. The molecule has 0 rings (SSSR count). The maximum absolute atomic E-state index is 13.2. The summed E-state index contributed by atoms with van der Waals surface area (Å²) in [4.78, 5) is 26.2. The highest BCUT2D eigenvalue weighted by molar-refractivity contribution is 5.77. The molecule has 0 aliphatic heterocycles. The number of aliphatic hydroxyl groups is 2. The Hall–Kier alpha value is -2.18. The predicted octanol–water partition coefficient (Wildman–Crippen LogP) is 17.8. The molecule has 3 atom stereocenters. The second-order valence-electron chi connectivity index (χ2n) is 19.7. The van der Waals surface area contributed by atoms with Crippen LogP contribution in [-0.4, -0.2) is 46.9 Å². The van der Waals surface area contributed by atoms with Crippen molar-refractivity contribution in [3.8, 4) is 0 Å². The first-order chi connectivity index (χ1) is 32.5. The number of hydrogen-bond donors (Lipinski definition) is 3. The summed E-state index contributed by atoms with van der Waals surface area (Å²) in [5.41, 5.74) is 0. The second kappa shape index (κ2) is 53.8. The Morgan fingerprint density at radius 2 is 0.803 bits per heavy atom. The highest BCUT2D eigenvalue weighted by Crippen LogP contribution is 2.18. The summed E-state index contributed by atoms with van der Waals surface area (Å²) in [6, 6.07) is -0.730. The van der Waals surface area contributed by atoms with E-state index >= 15 is 0 Å². The van der Waals surface area contributed by atoms with Gasteiger partial charge in [-0.05, 0) is 44.9 Å². The number of carbonyl (C=O) groups is 2. The Bertz CT molecular complexity index is 1130. The van der Waals surface area contributed by atoms with Gasteiger partial charge in [0.25, 0.3) is 0 Å². The number of rotatable bonds is 52. The minimum Gasteiger partial charge on any atom is -0.461 e. The number of aliphatic hydroxyl groups excluding tert-OH is 2. The SMILES string of the molecule is CCCCC/C=C\C/C=C\C/C=C\C/C=C\CC(CC(=O)NC(CO)C(O)CCCCCCCCCCCCCCCCCC)OC(=O)CCCCCCCCCCCCCCCCCC. The summed E-state index contributed by atoms with van der Waals surface area (Å²) in [5, 5.41) is 23.8. The van der Waals surface area contributed by atoms with E-state index < -0.39 is 18.2 Å². The lowest BCUT2D eigenvalue weighted by molar-refractivity contribution is -0.150. The topological polar surface area (TPSA) is 95.9 Å². The quantitative estimate of drug-likeness (QED) is 0.0321. The Morgan fingerprint density at radius 3 is 1.21 bits per heavy atom. The molecule has 0 aromatic rings. The van der Waals surface area contributed by atoms with Gasteiger partial charge in [0.2, 0.25) is 5.91 Å². The molecule has 0 bridgehead atoms. The summed E-state index contributed by atoms with van der Waals surface area (Å²) in [5.74, 6) is -0.563. The highest BCUT2D eigenvalue weighted by atomic mass is 16.5. The van der Waals surface area contributed by atoms with Crippen LogP contribution in [0, 0.1) is 0 Å². The van der Waals surface area contributed by atoms with Gasteiger partial charge in [-0.1, -0.05) is 281 Å². The van der Waals surface area contributed by atoms with Crippen molar-refractivity contribution >= 4 is 11.9 Å². The summed E-state index contributed by atoms with van der Waals surface area (Å²) in [7, 11) is 0. The van der Waals surface area contributed by atoms with E-state index in [0.29, 0.717) is 19.3 Å². The minimum absolute atomic E-state index is 0.00495. The number of amides is 1. The van der Waals surface area contributed by atoms with Gasteiger partial charge in [0.1, 0.15) is 6.10 Å². The zero-order valence-corrected chi connectivity index (χ0v) is 44.1. The molecule has 6 nitrogen and oxygen atoms in total. The molecule has 1 amide bonds. The van der Waals surface area contributed by atoms with Crippen LogP contribution in [0.4, 0.5) is 0 Å². The van der Waals surface area contributed by atoms with Crippen molar-refractivity contribution in [3.05, 3.63) is 48.6 Å². The molecule has 0 aromatic heterocycles. The van der Waals surface area contributed by atoms with Crippen molar-refractivity contribution in [2.75, 3.05) is 6.61 Å². The van der Waals surface area contributed by atoms with Gasteiger partial charge < -0.3 is 20.3 Å². The van der Waals surface area contributed by atoms with E-state index in [1.54, 1.807) is 0 Å². The standard InChI is InChI=1S/C60H111NO5/c1-4-7-10-13-16-19-22-25-28-31-34-37-40-43-46-49-52-58(63)57(55-62)61-59(64)54-56(51-48-45-42-39-36-33-30-27-24-21-18-15-12-9-6-3)66-60(65)53-50-47-44-41-38-35-32-29-26-23-20-17-14-11-8-5-2/h18,21,27,30,36,39,45,48,56-58,62-63H,4-17,19-20,22-26,28-29,31-35,37-38,40-44,46-47,49-55H2,1-3H3,(H,61,64)/b21-18-,30-27-,39-36-,48-45-. The number of ether oxygens (including phenoxy) is 1. The Labute approximate surface area is 410 Å². The number of carbonyl (C=O) groups excluding carboxylic acids is 2. The third-order valence-electron chi connectivity index (χ3n) is 13.2. The fourth-order valence-electron chi connectivity index (χ4n) is 8.77. The number of esters is 1. The van der Waals surface area contributed by atoms with Gasteiger partial charge in [0.05, 0.1) is 25.2 Å². The summed E-state index contributed by atoms with van der Waals surface area (Å²) in [6.07, 6.45) is 66.2. The molecule has 6 heteroatoms. The fraction of sp³-hybridized carbons (Fsp3) is 0.833. The molecule has 0 saturated carbocycles. The molecule has 66 heavy (non-hydrogen) atoms. The van der Waals surface area contributed by atoms with Gasteiger partial charge in [-0.25, -0.2) is 0 Å². The zero-order valence-electron chi connectivity index (χ0n) is 44.1. The number of nitrogens with one attached hydrogen (secondary N) is 1. The molecule has 0 spiro atoms. The maximum atomic E-state index is 13.2. The van der Waals surface area contributed by atoms with Gasteiger partial charge in [0, 0.05) is 12.8 Å². The first-order valence-corrected chi connectivity index (χ1v) is 28.9. The molecule has 0 aromatic carbocycles. The average molecular weight is 927 g/mol. The third-order valence-corrected chi connectivity index (χ3v) is 13.2. The highest BCUT2D eigenvalue weighted by Gasteiger charge is 2.23. The van der Waals surface area contributed by atoms with E-state index in [1.807, 2.05) is 6.08 Å². The van der Waals surface area contributed by atoms with E-state index in [0.717, 1.165) is 57.8 Å². The molecule has 0 heterocycles. The lowest BCUT2D eigenvalue weighted by atomic mass is 10.0. The summed E-state index contributed by atoms with van der Waals surface area (Å²) in [6.45, 7) is 6.46. The van der Waals surface area contributed by atoms with Crippen molar-refractivity contribution in [2.45, 2.75) is 315 Å². The normalized spacial score (nSPS) is 13.5. The lowest BCUT2D eigenvalue weighted by Crippen LogP contribution is -2.46. The maximum Gasteiger partial charge on any atom is 0.306 e. The zero-order chi connectivity index (χ0) is 48.1. The van der Waals surface area contributed by atoms with Crippen LogP contribution in [0.15, 0.2) is 48.6 Å². The van der Waals surface area contributed by atoms with Crippen molar-refractivity contribution < 1.29 is 24.5 Å². The predicted molar refractivity (Wildman–Crippen MR) is 287 cm³/mol. The molecule has 0 aliphatic rings.